The number of carbonyl (C=O) groups excluding carboxylic acids is 2. The Bertz CT molecular complexity index is 595. The second-order valence-corrected chi connectivity index (χ2v) is 9.22. The van der Waals surface area contributed by atoms with Crippen LogP contribution in [0.4, 0.5) is 0 Å². The smallest absolute Gasteiger partial charge is 0.331 e. The number of ether oxygens (including phenoxy) is 2. The fourth-order valence-corrected chi connectivity index (χ4v) is 3.59. The van der Waals surface area contributed by atoms with Crippen LogP contribution in [0.2, 0.25) is 0 Å². The van der Waals surface area contributed by atoms with E-state index in [1.165, 1.54) is 0 Å². The van der Waals surface area contributed by atoms with Gasteiger partial charge in [0.2, 0.25) is 15.9 Å². The molecule has 1 rings (SSSR count). The predicted molar refractivity (Wildman–Crippen MR) is 107 cm³/mol. The number of nitrogens with one attached hydrogen (secondary N) is 1. The average molecular weight is 421 g/mol. The topological polar surface area (TPSA) is 102 Å². The highest BCUT2D eigenvalue weighted by molar-refractivity contribution is 7.88. The van der Waals surface area contributed by atoms with Gasteiger partial charge in [0.05, 0.1) is 24.9 Å². The van der Waals surface area contributed by atoms with Crippen molar-refractivity contribution >= 4 is 21.9 Å². The molecule has 0 bridgehead atoms. The highest BCUT2D eigenvalue weighted by atomic mass is 32.2. The minimum Gasteiger partial charge on any atom is -0.464 e. The summed E-state index contributed by atoms with van der Waals surface area (Å²) in [6, 6.07) is -0.730. The van der Waals surface area contributed by atoms with Crippen LogP contribution in [0.15, 0.2) is 0 Å². The number of likely N-dealkylation sites (tertiary alicyclic amines) is 1. The summed E-state index contributed by atoms with van der Waals surface area (Å²) in [5, 5.41) is 0. The van der Waals surface area contributed by atoms with Gasteiger partial charge in [0.1, 0.15) is 0 Å². The molecule has 1 N–H and O–H groups in total. The molecule has 9 heteroatoms. The molecule has 0 aromatic carbocycles. The lowest BCUT2D eigenvalue weighted by atomic mass is 9.90. The number of unbranched alkanes of at least 4 members (excludes halogenated alkanes) is 2. The Morgan fingerprint density at radius 1 is 1.21 bits per heavy atom. The summed E-state index contributed by atoms with van der Waals surface area (Å²) < 4.78 is 35.7. The number of hydrogen-bond acceptors (Lipinski definition) is 6. The van der Waals surface area contributed by atoms with E-state index in [2.05, 4.69) is 11.6 Å². The second-order valence-electron chi connectivity index (χ2n) is 7.39. The van der Waals surface area contributed by atoms with Crippen LogP contribution in [0.5, 0.6) is 0 Å². The zero-order valence-corrected chi connectivity index (χ0v) is 18.4. The first kappa shape index (κ1) is 24.8. The van der Waals surface area contributed by atoms with Gasteiger partial charge in [-0.3, -0.25) is 4.79 Å². The molecular weight excluding hydrogens is 384 g/mol. The predicted octanol–water partition coefficient (Wildman–Crippen LogP) is 1.69. The molecule has 0 spiro atoms. The monoisotopic (exact) mass is 420 g/mol. The molecule has 28 heavy (non-hydrogen) atoms. The largest absolute Gasteiger partial charge is 0.464 e. The molecule has 3 atom stereocenters. The summed E-state index contributed by atoms with van der Waals surface area (Å²) in [5.41, 5.74) is 0. The summed E-state index contributed by atoms with van der Waals surface area (Å²) in [6.45, 7) is 7.54. The Labute approximate surface area is 169 Å². The van der Waals surface area contributed by atoms with Crippen molar-refractivity contribution in [2.24, 2.45) is 5.92 Å². The van der Waals surface area contributed by atoms with Gasteiger partial charge >= 0.3 is 5.97 Å². The molecule has 8 nitrogen and oxygen atoms in total. The van der Waals surface area contributed by atoms with Gasteiger partial charge in [-0.25, -0.2) is 17.9 Å². The zero-order valence-electron chi connectivity index (χ0n) is 17.6. The number of hydrogen-bond donors (Lipinski definition) is 1. The van der Waals surface area contributed by atoms with E-state index >= 15 is 0 Å². The Morgan fingerprint density at radius 2 is 1.86 bits per heavy atom. The maximum Gasteiger partial charge on any atom is 0.331 e. The molecule has 1 fully saturated rings. The van der Waals surface area contributed by atoms with Gasteiger partial charge in [0.25, 0.3) is 0 Å². The van der Waals surface area contributed by atoms with Crippen molar-refractivity contribution in [3.05, 3.63) is 0 Å². The molecule has 1 aliphatic rings. The van der Waals surface area contributed by atoms with Crippen molar-refractivity contribution in [3.8, 4) is 0 Å². The van der Waals surface area contributed by atoms with Crippen molar-refractivity contribution in [1.82, 2.24) is 9.62 Å². The summed E-state index contributed by atoms with van der Waals surface area (Å²) in [6.07, 6.45) is 5.43. The van der Waals surface area contributed by atoms with Crippen molar-refractivity contribution in [3.63, 3.8) is 0 Å². The molecule has 1 amide bonds. The number of amides is 1. The lowest BCUT2D eigenvalue weighted by Crippen LogP contribution is -2.63. The Kier molecular flexibility index (Phi) is 11.0. The maximum absolute atomic E-state index is 12.6. The van der Waals surface area contributed by atoms with Gasteiger partial charge in [-0.15, -0.1) is 0 Å². The third kappa shape index (κ3) is 8.45. The van der Waals surface area contributed by atoms with Gasteiger partial charge < -0.3 is 14.4 Å². The SMILES string of the molecule is CCCCOC(=O)[C@H]([C@@H](C)OCCCC)N1C[C@@H](CCCNS(C)(=O)=O)C1=O. The quantitative estimate of drug-likeness (QED) is 0.246. The van der Waals surface area contributed by atoms with E-state index in [4.69, 9.17) is 9.47 Å². The minimum atomic E-state index is -3.22. The molecule has 1 heterocycles. The van der Waals surface area contributed by atoms with E-state index in [9.17, 15) is 18.0 Å². The maximum atomic E-state index is 12.6. The fraction of sp³-hybridized carbons (Fsp3) is 0.895. The van der Waals surface area contributed by atoms with Gasteiger partial charge in [0, 0.05) is 19.7 Å². The molecule has 0 unspecified atom stereocenters. The Morgan fingerprint density at radius 3 is 2.43 bits per heavy atom. The third-order valence-electron chi connectivity index (χ3n) is 4.79. The minimum absolute atomic E-state index is 0.0947. The molecule has 1 saturated heterocycles. The Balaban J connectivity index is 2.59. The first-order valence-electron chi connectivity index (χ1n) is 10.2. The number of sulfonamides is 1. The number of nitrogens with zero attached hydrogens (tertiary/aromatic N) is 1. The zero-order chi connectivity index (χ0) is 21.2. The molecule has 0 saturated carbocycles. The standard InChI is InChI=1S/C19H36N2O6S/c1-5-7-12-26-15(3)17(19(23)27-13-8-6-2)21-14-16(18(21)22)10-9-11-20-28(4,24)25/h15-17,20H,5-14H2,1-4H3/t15-,16-,17+/m1/s1. The lowest BCUT2D eigenvalue weighted by molar-refractivity contribution is -0.173. The molecule has 0 aliphatic carbocycles. The summed E-state index contributed by atoms with van der Waals surface area (Å²) in [7, 11) is -3.22. The van der Waals surface area contributed by atoms with E-state index in [0.29, 0.717) is 39.1 Å². The van der Waals surface area contributed by atoms with E-state index < -0.39 is 28.1 Å². The van der Waals surface area contributed by atoms with E-state index in [1.807, 2.05) is 6.92 Å². The van der Waals surface area contributed by atoms with Gasteiger partial charge in [0.15, 0.2) is 6.04 Å². The summed E-state index contributed by atoms with van der Waals surface area (Å²) in [4.78, 5) is 26.7. The molecule has 0 radical (unpaired) electrons. The summed E-state index contributed by atoms with van der Waals surface area (Å²) >= 11 is 0. The first-order chi connectivity index (χ1) is 13.2. The van der Waals surface area contributed by atoms with E-state index in [-0.39, 0.29) is 11.8 Å². The number of carbonyl (C=O) groups is 2. The van der Waals surface area contributed by atoms with Crippen LogP contribution in [0.1, 0.15) is 59.3 Å². The van der Waals surface area contributed by atoms with Crippen molar-refractivity contribution < 1.29 is 27.5 Å². The van der Waals surface area contributed by atoms with E-state index in [1.54, 1.807) is 11.8 Å². The molecule has 0 aromatic heterocycles. The molecule has 0 aromatic rings. The average Bonchev–Trinajstić information content (AvgIpc) is 2.62. The Hall–Kier alpha value is -1.19. The fourth-order valence-electron chi connectivity index (χ4n) is 3.08. The van der Waals surface area contributed by atoms with E-state index in [0.717, 1.165) is 31.9 Å². The number of β-lactam (4-membered cyclic amide) rings is 1. The van der Waals surface area contributed by atoms with Crippen LogP contribution in [-0.2, 0) is 29.1 Å². The van der Waals surface area contributed by atoms with Crippen molar-refractivity contribution in [2.45, 2.75) is 71.4 Å². The second kappa shape index (κ2) is 12.4. The highest BCUT2D eigenvalue weighted by Crippen LogP contribution is 2.27. The molecule has 1 aliphatic heterocycles. The van der Waals surface area contributed by atoms with Gasteiger partial charge in [-0.1, -0.05) is 26.7 Å². The lowest BCUT2D eigenvalue weighted by Gasteiger charge is -2.44. The highest BCUT2D eigenvalue weighted by Gasteiger charge is 2.46. The van der Waals surface area contributed by atoms with Crippen molar-refractivity contribution in [1.29, 1.82) is 0 Å². The van der Waals surface area contributed by atoms with Crippen LogP contribution in [0.25, 0.3) is 0 Å². The number of rotatable bonds is 15. The van der Waals surface area contributed by atoms with Crippen LogP contribution in [0, 0.1) is 5.92 Å². The van der Waals surface area contributed by atoms with Gasteiger partial charge in [-0.2, -0.15) is 0 Å². The molecular formula is C19H36N2O6S. The third-order valence-corrected chi connectivity index (χ3v) is 5.51. The van der Waals surface area contributed by atoms with Crippen LogP contribution in [0.3, 0.4) is 0 Å². The van der Waals surface area contributed by atoms with Crippen LogP contribution >= 0.6 is 0 Å². The van der Waals surface area contributed by atoms with Crippen LogP contribution in [-0.4, -0.2) is 69.9 Å². The van der Waals surface area contributed by atoms with Crippen LogP contribution < -0.4 is 4.72 Å². The molecule has 164 valence electrons. The summed E-state index contributed by atoms with van der Waals surface area (Å²) in [5.74, 6) is -0.694. The normalized spacial score (nSPS) is 19.2. The number of esters is 1. The van der Waals surface area contributed by atoms with Gasteiger partial charge in [-0.05, 0) is 32.6 Å². The first-order valence-corrected chi connectivity index (χ1v) is 12.1. The van der Waals surface area contributed by atoms with Crippen molar-refractivity contribution in [2.75, 3.05) is 32.6 Å².